The third kappa shape index (κ3) is 1.94. The number of aliphatic hydroxyl groups is 1. The van der Waals surface area contributed by atoms with Crippen molar-refractivity contribution in [2.24, 2.45) is 0 Å². The third-order valence-electron chi connectivity index (χ3n) is 2.29. The van der Waals surface area contributed by atoms with Crippen LogP contribution in [0.25, 0.3) is 11.0 Å². The van der Waals surface area contributed by atoms with E-state index in [1.807, 2.05) is 0 Å². The van der Waals surface area contributed by atoms with Gasteiger partial charge in [0.1, 0.15) is 11.5 Å². The monoisotopic (exact) mass is 219 g/mol. The third-order valence-corrected chi connectivity index (χ3v) is 2.29. The number of pyridine rings is 1. The summed E-state index contributed by atoms with van der Waals surface area (Å²) in [5, 5.41) is 10.2. The van der Waals surface area contributed by atoms with Crippen molar-refractivity contribution in [1.29, 1.82) is 0 Å². The van der Waals surface area contributed by atoms with Gasteiger partial charge in [-0.3, -0.25) is 9.36 Å². The van der Waals surface area contributed by atoms with Gasteiger partial charge in [0, 0.05) is 17.6 Å². The molecule has 84 valence electrons. The Hall–Kier alpha value is -1.75. The summed E-state index contributed by atoms with van der Waals surface area (Å²) in [6.07, 6.45) is 1.09. The Kier molecular flexibility index (Phi) is 2.70. The molecule has 2 rings (SSSR count). The molecule has 0 amide bonds. The first-order chi connectivity index (χ1) is 7.58. The van der Waals surface area contributed by atoms with E-state index >= 15 is 0 Å². The van der Waals surface area contributed by atoms with Crippen molar-refractivity contribution in [1.82, 2.24) is 14.5 Å². The first-order valence-corrected chi connectivity index (χ1v) is 5.09. The molecule has 1 atom stereocenters. The van der Waals surface area contributed by atoms with E-state index in [4.69, 9.17) is 0 Å². The van der Waals surface area contributed by atoms with Crippen LogP contribution < -0.4 is 5.56 Å². The zero-order chi connectivity index (χ0) is 11.7. The van der Waals surface area contributed by atoms with Crippen LogP contribution in [0.2, 0.25) is 0 Å². The summed E-state index contributed by atoms with van der Waals surface area (Å²) in [4.78, 5) is 20.0. The van der Waals surface area contributed by atoms with Gasteiger partial charge in [0.2, 0.25) is 0 Å². The minimum atomic E-state index is -0.585. The summed E-state index contributed by atoms with van der Waals surface area (Å²) in [6.45, 7) is 3.65. The summed E-state index contributed by atoms with van der Waals surface area (Å²) in [7, 11) is 0. The molecule has 0 spiro atoms. The van der Waals surface area contributed by atoms with Gasteiger partial charge in [0.25, 0.3) is 5.56 Å². The molecule has 16 heavy (non-hydrogen) atoms. The average Bonchev–Trinajstić information content (AvgIpc) is 2.22. The Morgan fingerprint density at radius 3 is 2.94 bits per heavy atom. The van der Waals surface area contributed by atoms with Crippen LogP contribution in [0.15, 0.2) is 23.1 Å². The smallest absolute Gasteiger partial charge is 0.252 e. The second-order valence-corrected chi connectivity index (χ2v) is 3.83. The van der Waals surface area contributed by atoms with Crippen molar-refractivity contribution in [2.45, 2.75) is 26.5 Å². The highest BCUT2D eigenvalue weighted by Gasteiger charge is 2.07. The van der Waals surface area contributed by atoms with Crippen molar-refractivity contribution in [3.63, 3.8) is 0 Å². The highest BCUT2D eigenvalue weighted by atomic mass is 16.3. The Morgan fingerprint density at radius 1 is 1.50 bits per heavy atom. The SMILES string of the molecule is Cc1ncc2ccc(=O)n(CC(C)O)c2n1. The first kappa shape index (κ1) is 10.8. The lowest BCUT2D eigenvalue weighted by Crippen LogP contribution is -2.25. The van der Waals surface area contributed by atoms with Gasteiger partial charge in [0.15, 0.2) is 0 Å². The number of fused-ring (bicyclic) bond motifs is 1. The summed E-state index contributed by atoms with van der Waals surface area (Å²) in [5.74, 6) is 0.609. The van der Waals surface area contributed by atoms with Crippen molar-refractivity contribution < 1.29 is 5.11 Å². The summed E-state index contributed by atoms with van der Waals surface area (Å²) >= 11 is 0. The molecule has 0 bridgehead atoms. The number of aromatic nitrogens is 3. The molecule has 5 heteroatoms. The molecular formula is C11H13N3O2. The lowest BCUT2D eigenvalue weighted by Gasteiger charge is -2.10. The molecule has 1 N–H and O–H groups in total. The fourth-order valence-corrected chi connectivity index (χ4v) is 1.60. The van der Waals surface area contributed by atoms with E-state index in [1.54, 1.807) is 26.1 Å². The molecule has 2 heterocycles. The molecule has 1 unspecified atom stereocenters. The standard InChI is InChI=1S/C11H13N3O2/c1-7(15)6-14-10(16)4-3-9-5-12-8(2)13-11(9)14/h3-5,7,15H,6H2,1-2H3. The largest absolute Gasteiger partial charge is 0.392 e. The maximum atomic E-state index is 11.7. The molecule has 0 aliphatic heterocycles. The van der Waals surface area contributed by atoms with Crippen molar-refractivity contribution in [3.8, 4) is 0 Å². The zero-order valence-electron chi connectivity index (χ0n) is 9.21. The quantitative estimate of drug-likeness (QED) is 0.797. The first-order valence-electron chi connectivity index (χ1n) is 5.09. The number of aryl methyl sites for hydroxylation is 1. The fourth-order valence-electron chi connectivity index (χ4n) is 1.60. The van der Waals surface area contributed by atoms with Crippen molar-refractivity contribution in [2.75, 3.05) is 0 Å². The van der Waals surface area contributed by atoms with Gasteiger partial charge in [-0.25, -0.2) is 9.97 Å². The number of nitrogens with zero attached hydrogens (tertiary/aromatic N) is 3. The van der Waals surface area contributed by atoms with E-state index in [0.29, 0.717) is 11.5 Å². The summed E-state index contributed by atoms with van der Waals surface area (Å²) < 4.78 is 1.47. The molecule has 5 nitrogen and oxygen atoms in total. The zero-order valence-corrected chi connectivity index (χ0v) is 9.21. The van der Waals surface area contributed by atoms with E-state index in [-0.39, 0.29) is 12.1 Å². The Bertz CT molecular complexity index is 575. The van der Waals surface area contributed by atoms with Gasteiger partial charge in [0.05, 0.1) is 12.6 Å². The lowest BCUT2D eigenvalue weighted by atomic mass is 10.3. The van der Waals surface area contributed by atoms with Crippen LogP contribution in [-0.2, 0) is 6.54 Å². The fraction of sp³-hybridized carbons (Fsp3) is 0.364. The van der Waals surface area contributed by atoms with Gasteiger partial charge in [-0.15, -0.1) is 0 Å². The topological polar surface area (TPSA) is 68.0 Å². The van der Waals surface area contributed by atoms with Gasteiger partial charge in [-0.1, -0.05) is 0 Å². The van der Waals surface area contributed by atoms with Crippen molar-refractivity contribution >= 4 is 11.0 Å². The van der Waals surface area contributed by atoms with Crippen LogP contribution >= 0.6 is 0 Å². The second-order valence-electron chi connectivity index (χ2n) is 3.83. The Labute approximate surface area is 92.4 Å². The number of aliphatic hydroxyl groups excluding tert-OH is 1. The number of rotatable bonds is 2. The molecule has 0 aromatic carbocycles. The van der Waals surface area contributed by atoms with Crippen LogP contribution in [0.3, 0.4) is 0 Å². The maximum Gasteiger partial charge on any atom is 0.252 e. The minimum Gasteiger partial charge on any atom is -0.392 e. The van der Waals surface area contributed by atoms with Crippen LogP contribution in [0.4, 0.5) is 0 Å². The molecule has 0 saturated heterocycles. The molecule has 0 aliphatic carbocycles. The minimum absolute atomic E-state index is 0.161. The predicted octanol–water partition coefficient (Wildman–Crippen LogP) is 0.481. The molecule has 0 fully saturated rings. The van der Waals surface area contributed by atoms with Gasteiger partial charge in [-0.05, 0) is 19.9 Å². The van der Waals surface area contributed by atoms with Gasteiger partial charge >= 0.3 is 0 Å². The summed E-state index contributed by atoms with van der Waals surface area (Å²) in [5.41, 5.74) is 0.410. The average molecular weight is 219 g/mol. The van der Waals surface area contributed by atoms with Crippen molar-refractivity contribution in [3.05, 3.63) is 34.5 Å². The van der Waals surface area contributed by atoms with E-state index < -0.39 is 6.10 Å². The summed E-state index contributed by atoms with van der Waals surface area (Å²) in [6, 6.07) is 3.15. The van der Waals surface area contributed by atoms with Gasteiger partial charge < -0.3 is 5.11 Å². The lowest BCUT2D eigenvalue weighted by molar-refractivity contribution is 0.173. The Balaban J connectivity index is 2.72. The van der Waals surface area contributed by atoms with Crippen LogP contribution in [-0.4, -0.2) is 25.7 Å². The molecular weight excluding hydrogens is 206 g/mol. The van der Waals surface area contributed by atoms with Crippen LogP contribution in [0, 0.1) is 6.92 Å². The molecule has 2 aromatic rings. The Morgan fingerprint density at radius 2 is 2.25 bits per heavy atom. The molecule has 0 aliphatic rings. The normalized spacial score (nSPS) is 12.9. The van der Waals surface area contributed by atoms with Crippen LogP contribution in [0.1, 0.15) is 12.7 Å². The maximum absolute atomic E-state index is 11.7. The van der Waals surface area contributed by atoms with E-state index in [2.05, 4.69) is 9.97 Å². The number of hydrogen-bond donors (Lipinski definition) is 1. The highest BCUT2D eigenvalue weighted by molar-refractivity contribution is 5.73. The number of hydrogen-bond acceptors (Lipinski definition) is 4. The second kappa shape index (κ2) is 4.02. The molecule has 2 aromatic heterocycles. The van der Waals surface area contributed by atoms with E-state index in [1.165, 1.54) is 10.6 Å². The highest BCUT2D eigenvalue weighted by Crippen LogP contribution is 2.08. The molecule has 0 saturated carbocycles. The molecule has 0 radical (unpaired) electrons. The van der Waals surface area contributed by atoms with Crippen LogP contribution in [0.5, 0.6) is 0 Å². The van der Waals surface area contributed by atoms with Gasteiger partial charge in [-0.2, -0.15) is 0 Å². The predicted molar refractivity (Wildman–Crippen MR) is 60.2 cm³/mol. The van der Waals surface area contributed by atoms with E-state index in [9.17, 15) is 9.90 Å². The van der Waals surface area contributed by atoms with E-state index in [0.717, 1.165) is 5.39 Å².